The molecule has 0 radical (unpaired) electrons. The summed E-state index contributed by atoms with van der Waals surface area (Å²) in [5.74, 6) is 0.186. The number of esters is 1. The molecule has 30 heavy (non-hydrogen) atoms. The van der Waals surface area contributed by atoms with Crippen molar-refractivity contribution in [3.05, 3.63) is 54.6 Å². The molecule has 0 heterocycles. The molecule has 160 valence electrons. The summed E-state index contributed by atoms with van der Waals surface area (Å²) in [6.07, 6.45) is 3.58. The van der Waals surface area contributed by atoms with E-state index >= 15 is 0 Å². The molecule has 0 bridgehead atoms. The molecule has 6 nitrogen and oxygen atoms in total. The molecule has 1 aliphatic rings. The van der Waals surface area contributed by atoms with Gasteiger partial charge in [0.2, 0.25) is 0 Å². The molecular formula is C24H30N2O4. The average molecular weight is 411 g/mol. The number of anilines is 2. The number of hydrogen-bond acceptors (Lipinski definition) is 5. The van der Waals surface area contributed by atoms with Crippen molar-refractivity contribution in [2.45, 2.75) is 51.7 Å². The fourth-order valence-corrected chi connectivity index (χ4v) is 3.58. The van der Waals surface area contributed by atoms with E-state index in [0.29, 0.717) is 11.7 Å². The van der Waals surface area contributed by atoms with Crippen molar-refractivity contribution in [2.75, 3.05) is 11.9 Å². The van der Waals surface area contributed by atoms with Crippen LogP contribution in [0.1, 0.15) is 39.5 Å². The van der Waals surface area contributed by atoms with E-state index in [-0.39, 0.29) is 18.6 Å². The van der Waals surface area contributed by atoms with Gasteiger partial charge in [-0.25, -0.2) is 4.79 Å². The molecule has 0 aliphatic heterocycles. The Morgan fingerprint density at radius 3 is 2.37 bits per heavy atom. The van der Waals surface area contributed by atoms with Crippen molar-refractivity contribution in [1.82, 2.24) is 5.32 Å². The molecule has 0 aromatic heterocycles. The maximum absolute atomic E-state index is 12.3. The quantitative estimate of drug-likeness (QED) is 0.630. The minimum Gasteiger partial charge on any atom is -0.482 e. The maximum atomic E-state index is 12.3. The van der Waals surface area contributed by atoms with Crippen LogP contribution in [0.2, 0.25) is 0 Å². The van der Waals surface area contributed by atoms with Gasteiger partial charge in [-0.1, -0.05) is 38.0 Å². The zero-order valence-corrected chi connectivity index (χ0v) is 17.6. The van der Waals surface area contributed by atoms with Crippen LogP contribution < -0.4 is 15.4 Å². The van der Waals surface area contributed by atoms with Gasteiger partial charge in [-0.2, -0.15) is 0 Å². The number of carbonyl (C=O) groups excluding carboxylic acids is 2. The Morgan fingerprint density at radius 1 is 1.00 bits per heavy atom. The minimum absolute atomic E-state index is 0.159. The van der Waals surface area contributed by atoms with Gasteiger partial charge >= 0.3 is 5.97 Å². The number of hydrogen-bond donors (Lipinski definition) is 2. The number of carbonyl (C=O) groups is 2. The van der Waals surface area contributed by atoms with Crippen LogP contribution in [0.5, 0.6) is 5.75 Å². The molecule has 0 saturated heterocycles. The smallest absolute Gasteiger partial charge is 0.344 e. The summed E-state index contributed by atoms with van der Waals surface area (Å²) in [7, 11) is 0. The van der Waals surface area contributed by atoms with Crippen LogP contribution in [-0.2, 0) is 14.3 Å². The summed E-state index contributed by atoms with van der Waals surface area (Å²) in [6, 6.07) is 17.3. The van der Waals surface area contributed by atoms with E-state index in [9.17, 15) is 9.59 Å². The highest BCUT2D eigenvalue weighted by Crippen LogP contribution is 2.24. The van der Waals surface area contributed by atoms with Gasteiger partial charge < -0.3 is 20.1 Å². The molecule has 1 fully saturated rings. The van der Waals surface area contributed by atoms with E-state index in [4.69, 9.17) is 9.47 Å². The minimum atomic E-state index is -0.840. The molecule has 1 saturated carbocycles. The van der Waals surface area contributed by atoms with Gasteiger partial charge in [0, 0.05) is 17.4 Å². The molecule has 1 aliphatic carbocycles. The normalized spacial score (nSPS) is 19.4. The van der Waals surface area contributed by atoms with Crippen LogP contribution >= 0.6 is 0 Å². The highest BCUT2D eigenvalue weighted by Gasteiger charge is 2.26. The van der Waals surface area contributed by atoms with E-state index in [0.717, 1.165) is 30.6 Å². The van der Waals surface area contributed by atoms with Crippen LogP contribution in [0.25, 0.3) is 0 Å². The largest absolute Gasteiger partial charge is 0.482 e. The molecule has 0 spiro atoms. The Balaban J connectivity index is 1.40. The lowest BCUT2D eigenvalue weighted by atomic mass is 9.86. The van der Waals surface area contributed by atoms with Gasteiger partial charge in [-0.15, -0.1) is 0 Å². The molecule has 2 aromatic rings. The van der Waals surface area contributed by atoms with Crippen LogP contribution in [0.3, 0.4) is 0 Å². The third-order valence-corrected chi connectivity index (χ3v) is 5.39. The van der Waals surface area contributed by atoms with Crippen molar-refractivity contribution >= 4 is 23.3 Å². The van der Waals surface area contributed by atoms with Gasteiger partial charge in [-0.05, 0) is 62.1 Å². The summed E-state index contributed by atoms with van der Waals surface area (Å²) in [5, 5.41) is 6.29. The van der Waals surface area contributed by atoms with E-state index in [1.807, 2.05) is 42.5 Å². The standard InChI is InChI=1S/C24H30N2O4/c1-17-8-6-7-11-22(17)26-24(28)18(2)30-23(27)16-29-21-14-12-20(13-15-21)25-19-9-4-3-5-10-19/h3-5,9-10,12-15,17-18,22,25H,6-8,11,16H2,1-2H3,(H,26,28)/t17-,18-,22-/m1/s1. The van der Waals surface area contributed by atoms with E-state index in [1.165, 1.54) is 6.42 Å². The Morgan fingerprint density at radius 2 is 1.67 bits per heavy atom. The van der Waals surface area contributed by atoms with Crippen molar-refractivity contribution in [1.29, 1.82) is 0 Å². The average Bonchev–Trinajstić information content (AvgIpc) is 2.75. The van der Waals surface area contributed by atoms with Crippen LogP contribution in [0.4, 0.5) is 11.4 Å². The number of nitrogens with one attached hydrogen (secondary N) is 2. The summed E-state index contributed by atoms with van der Waals surface area (Å²) in [5.41, 5.74) is 1.91. The van der Waals surface area contributed by atoms with Gasteiger partial charge in [0.1, 0.15) is 5.75 Å². The number of benzene rings is 2. The Bertz CT molecular complexity index is 823. The zero-order chi connectivity index (χ0) is 21.3. The number of rotatable bonds is 8. The molecule has 3 atom stereocenters. The topological polar surface area (TPSA) is 76.7 Å². The zero-order valence-electron chi connectivity index (χ0n) is 17.6. The molecule has 0 unspecified atom stereocenters. The SMILES string of the molecule is C[C@@H]1CCCC[C@H]1NC(=O)[C@@H](C)OC(=O)COc1ccc(Nc2ccccc2)cc1. The van der Waals surface area contributed by atoms with Gasteiger partial charge in [0.25, 0.3) is 5.91 Å². The first-order chi connectivity index (χ1) is 14.5. The fourth-order valence-electron chi connectivity index (χ4n) is 3.58. The van der Waals surface area contributed by atoms with E-state index in [2.05, 4.69) is 17.6 Å². The second kappa shape index (κ2) is 10.7. The lowest BCUT2D eigenvalue weighted by Crippen LogP contribution is -2.46. The lowest BCUT2D eigenvalue weighted by Gasteiger charge is -2.30. The second-order valence-electron chi connectivity index (χ2n) is 7.81. The van der Waals surface area contributed by atoms with E-state index in [1.54, 1.807) is 19.1 Å². The van der Waals surface area contributed by atoms with Gasteiger partial charge in [0.05, 0.1) is 0 Å². The Hall–Kier alpha value is -3.02. The molecule has 6 heteroatoms. The van der Waals surface area contributed by atoms with Crippen molar-refractivity contribution in [3.8, 4) is 5.75 Å². The summed E-state index contributed by atoms with van der Waals surface area (Å²) in [6.45, 7) is 3.49. The summed E-state index contributed by atoms with van der Waals surface area (Å²) in [4.78, 5) is 24.4. The van der Waals surface area contributed by atoms with Crippen molar-refractivity contribution in [3.63, 3.8) is 0 Å². The Labute approximate surface area is 178 Å². The summed E-state index contributed by atoms with van der Waals surface area (Å²) < 4.78 is 10.7. The lowest BCUT2D eigenvalue weighted by molar-refractivity contribution is -0.157. The molecule has 1 amide bonds. The monoisotopic (exact) mass is 410 g/mol. The van der Waals surface area contributed by atoms with Crippen molar-refractivity contribution < 1.29 is 19.1 Å². The third kappa shape index (κ3) is 6.51. The second-order valence-corrected chi connectivity index (χ2v) is 7.81. The van der Waals surface area contributed by atoms with E-state index < -0.39 is 12.1 Å². The van der Waals surface area contributed by atoms with Gasteiger partial charge in [-0.3, -0.25) is 4.79 Å². The first-order valence-corrected chi connectivity index (χ1v) is 10.6. The number of ether oxygens (including phenoxy) is 2. The first-order valence-electron chi connectivity index (χ1n) is 10.6. The number of para-hydroxylation sites is 1. The highest BCUT2D eigenvalue weighted by atomic mass is 16.6. The molecule has 2 aromatic carbocycles. The number of amides is 1. The molecule has 2 N–H and O–H groups in total. The summed E-state index contributed by atoms with van der Waals surface area (Å²) >= 11 is 0. The van der Waals surface area contributed by atoms with Crippen LogP contribution in [0.15, 0.2) is 54.6 Å². The molecular weight excluding hydrogens is 380 g/mol. The third-order valence-electron chi connectivity index (χ3n) is 5.39. The van der Waals surface area contributed by atoms with Crippen LogP contribution in [0, 0.1) is 5.92 Å². The predicted molar refractivity (Wildman–Crippen MR) is 117 cm³/mol. The fraction of sp³-hybridized carbons (Fsp3) is 0.417. The van der Waals surface area contributed by atoms with Crippen LogP contribution in [-0.4, -0.2) is 30.6 Å². The first kappa shape index (κ1) is 21.7. The van der Waals surface area contributed by atoms with Crippen molar-refractivity contribution in [2.24, 2.45) is 5.92 Å². The molecule has 3 rings (SSSR count). The highest BCUT2D eigenvalue weighted by molar-refractivity contribution is 5.84. The maximum Gasteiger partial charge on any atom is 0.344 e. The Kier molecular flexibility index (Phi) is 7.71. The van der Waals surface area contributed by atoms with Gasteiger partial charge in [0.15, 0.2) is 12.7 Å². The predicted octanol–water partition coefficient (Wildman–Crippen LogP) is 4.44.